The van der Waals surface area contributed by atoms with Crippen LogP contribution < -0.4 is 10.6 Å². The van der Waals surface area contributed by atoms with Crippen LogP contribution in [0.2, 0.25) is 0 Å². The summed E-state index contributed by atoms with van der Waals surface area (Å²) >= 11 is 0. The molecule has 3 aromatic carbocycles. The van der Waals surface area contributed by atoms with E-state index in [2.05, 4.69) is 38.3 Å². The van der Waals surface area contributed by atoms with Gasteiger partial charge in [-0.25, -0.2) is 0 Å². The average Bonchev–Trinajstić information content (AvgIpc) is 2.82. The van der Waals surface area contributed by atoms with E-state index in [9.17, 15) is 19.8 Å². The molecule has 0 saturated heterocycles. The monoisotopic (exact) mass is 488 g/mol. The largest absolute Gasteiger partial charge is 0.507 e. The first kappa shape index (κ1) is 26.8. The van der Waals surface area contributed by atoms with E-state index in [4.69, 9.17) is 0 Å². The highest BCUT2D eigenvalue weighted by Gasteiger charge is 2.18. The van der Waals surface area contributed by atoms with Crippen LogP contribution in [0.25, 0.3) is 0 Å². The molecule has 0 fully saturated rings. The van der Waals surface area contributed by atoms with Crippen LogP contribution in [-0.2, 0) is 12.8 Å². The van der Waals surface area contributed by atoms with Crippen molar-refractivity contribution < 1.29 is 19.8 Å². The van der Waals surface area contributed by atoms with E-state index in [1.807, 2.05) is 12.1 Å². The molecule has 36 heavy (non-hydrogen) atoms. The van der Waals surface area contributed by atoms with Gasteiger partial charge in [-0.15, -0.1) is 0 Å². The van der Waals surface area contributed by atoms with Crippen LogP contribution in [0, 0.1) is 11.8 Å². The Morgan fingerprint density at radius 1 is 0.639 bits per heavy atom. The highest BCUT2D eigenvalue weighted by atomic mass is 16.3. The maximum atomic E-state index is 13.0. The molecule has 0 aliphatic carbocycles. The third-order valence-corrected chi connectivity index (χ3v) is 6.09. The van der Waals surface area contributed by atoms with E-state index in [1.54, 1.807) is 36.4 Å². The van der Waals surface area contributed by atoms with Gasteiger partial charge in [0.2, 0.25) is 0 Å². The summed E-state index contributed by atoms with van der Waals surface area (Å²) in [5, 5.41) is 26.3. The minimum Gasteiger partial charge on any atom is -0.507 e. The van der Waals surface area contributed by atoms with Gasteiger partial charge in [-0.3, -0.25) is 9.59 Å². The Bertz CT molecular complexity index is 1110. The van der Waals surface area contributed by atoms with E-state index in [1.165, 1.54) is 12.1 Å². The molecule has 0 radical (unpaired) electrons. The van der Waals surface area contributed by atoms with Crippen molar-refractivity contribution in [1.29, 1.82) is 0 Å². The van der Waals surface area contributed by atoms with Crippen molar-refractivity contribution in [3.63, 3.8) is 0 Å². The molecule has 0 saturated carbocycles. The van der Waals surface area contributed by atoms with Crippen molar-refractivity contribution in [3.8, 4) is 11.5 Å². The SMILES string of the molecule is CC(C)CCc1cccc(O)c1C(=O)Nc1ccc(NC(=O)c2c(O)cccc2CCC(C)C)cc1. The Morgan fingerprint density at radius 3 is 1.33 bits per heavy atom. The quantitative estimate of drug-likeness (QED) is 0.253. The summed E-state index contributed by atoms with van der Waals surface area (Å²) in [7, 11) is 0. The highest BCUT2D eigenvalue weighted by molar-refractivity contribution is 6.08. The van der Waals surface area contributed by atoms with Gasteiger partial charge in [-0.2, -0.15) is 0 Å². The standard InChI is InChI=1S/C30H36N2O4/c1-19(2)11-13-21-7-5-9-25(33)27(21)29(35)31-23-15-17-24(18-16-23)32-30(36)28-22(14-12-20(3)4)8-6-10-26(28)34/h5-10,15-20,33-34H,11-14H2,1-4H3,(H,31,35)(H,32,36). The molecule has 2 amide bonds. The van der Waals surface area contributed by atoms with Crippen LogP contribution in [0.4, 0.5) is 11.4 Å². The van der Waals surface area contributed by atoms with E-state index in [0.717, 1.165) is 24.0 Å². The minimum absolute atomic E-state index is 0.0476. The fraction of sp³-hybridized carbons (Fsp3) is 0.333. The van der Waals surface area contributed by atoms with Gasteiger partial charge in [0, 0.05) is 11.4 Å². The lowest BCUT2D eigenvalue weighted by Gasteiger charge is -2.14. The molecule has 6 nitrogen and oxygen atoms in total. The smallest absolute Gasteiger partial charge is 0.259 e. The normalized spacial score (nSPS) is 11.1. The number of rotatable bonds is 10. The number of anilines is 2. The second-order valence-electron chi connectivity index (χ2n) is 9.97. The Balaban J connectivity index is 1.71. The zero-order chi connectivity index (χ0) is 26.2. The molecular formula is C30H36N2O4. The molecule has 0 aliphatic rings. The van der Waals surface area contributed by atoms with Crippen LogP contribution in [-0.4, -0.2) is 22.0 Å². The number of benzene rings is 3. The van der Waals surface area contributed by atoms with Gasteiger partial charge in [-0.1, -0.05) is 52.0 Å². The Labute approximate surface area is 213 Å². The molecule has 0 aromatic heterocycles. The number of hydrogen-bond acceptors (Lipinski definition) is 4. The van der Waals surface area contributed by atoms with Crippen LogP contribution in [0.5, 0.6) is 11.5 Å². The van der Waals surface area contributed by atoms with Crippen molar-refractivity contribution in [3.05, 3.63) is 82.9 Å². The van der Waals surface area contributed by atoms with Crippen molar-refractivity contribution in [1.82, 2.24) is 0 Å². The number of aryl methyl sites for hydroxylation is 2. The topological polar surface area (TPSA) is 98.7 Å². The molecule has 4 N–H and O–H groups in total. The average molecular weight is 489 g/mol. The third-order valence-electron chi connectivity index (χ3n) is 6.09. The summed E-state index contributed by atoms with van der Waals surface area (Å²) in [4.78, 5) is 25.9. The van der Waals surface area contributed by atoms with Crippen LogP contribution in [0.3, 0.4) is 0 Å². The summed E-state index contributed by atoms with van der Waals surface area (Å²) in [6.07, 6.45) is 3.22. The van der Waals surface area contributed by atoms with Gasteiger partial charge in [-0.05, 0) is 85.0 Å². The maximum absolute atomic E-state index is 13.0. The molecule has 0 aliphatic heterocycles. The summed E-state index contributed by atoms with van der Waals surface area (Å²) in [6.45, 7) is 8.48. The summed E-state index contributed by atoms with van der Waals surface area (Å²) in [6, 6.07) is 17.0. The zero-order valence-electron chi connectivity index (χ0n) is 21.5. The van der Waals surface area contributed by atoms with Gasteiger partial charge in [0.15, 0.2) is 0 Å². The minimum atomic E-state index is -0.382. The van der Waals surface area contributed by atoms with Crippen molar-refractivity contribution >= 4 is 23.2 Å². The zero-order valence-corrected chi connectivity index (χ0v) is 21.5. The summed E-state index contributed by atoms with van der Waals surface area (Å²) < 4.78 is 0. The molecule has 0 unspecified atom stereocenters. The lowest BCUT2D eigenvalue weighted by atomic mass is 9.97. The fourth-order valence-electron chi connectivity index (χ4n) is 4.03. The van der Waals surface area contributed by atoms with Gasteiger partial charge in [0.1, 0.15) is 11.5 Å². The van der Waals surface area contributed by atoms with Gasteiger partial charge < -0.3 is 20.8 Å². The van der Waals surface area contributed by atoms with E-state index >= 15 is 0 Å². The van der Waals surface area contributed by atoms with Gasteiger partial charge >= 0.3 is 0 Å². The van der Waals surface area contributed by atoms with Crippen molar-refractivity contribution in [2.24, 2.45) is 11.8 Å². The first-order valence-electron chi connectivity index (χ1n) is 12.5. The van der Waals surface area contributed by atoms with Crippen LogP contribution >= 0.6 is 0 Å². The lowest BCUT2D eigenvalue weighted by Crippen LogP contribution is -2.16. The Kier molecular flexibility index (Phi) is 9.12. The van der Waals surface area contributed by atoms with Gasteiger partial charge in [0.25, 0.3) is 11.8 Å². The molecular weight excluding hydrogens is 452 g/mol. The van der Waals surface area contributed by atoms with Crippen LogP contribution in [0.15, 0.2) is 60.7 Å². The Hall–Kier alpha value is -3.80. The lowest BCUT2D eigenvalue weighted by molar-refractivity contribution is 0.101. The second-order valence-corrected chi connectivity index (χ2v) is 9.97. The van der Waals surface area contributed by atoms with Crippen molar-refractivity contribution in [2.45, 2.75) is 53.4 Å². The number of carbonyl (C=O) groups excluding carboxylic acids is 2. The molecule has 6 heteroatoms. The highest BCUT2D eigenvalue weighted by Crippen LogP contribution is 2.27. The van der Waals surface area contributed by atoms with Crippen LogP contribution in [0.1, 0.15) is 72.4 Å². The number of amides is 2. The summed E-state index contributed by atoms with van der Waals surface area (Å²) in [5.41, 5.74) is 3.25. The van der Waals surface area contributed by atoms with E-state index in [0.29, 0.717) is 36.1 Å². The molecule has 0 bridgehead atoms. The Morgan fingerprint density at radius 2 is 1.00 bits per heavy atom. The number of phenols is 2. The first-order valence-corrected chi connectivity index (χ1v) is 12.5. The molecule has 3 aromatic rings. The fourth-order valence-corrected chi connectivity index (χ4v) is 4.03. The predicted molar refractivity (Wildman–Crippen MR) is 145 cm³/mol. The number of aromatic hydroxyl groups is 2. The van der Waals surface area contributed by atoms with Crippen molar-refractivity contribution in [2.75, 3.05) is 10.6 Å². The van der Waals surface area contributed by atoms with E-state index < -0.39 is 0 Å². The number of nitrogens with one attached hydrogen (secondary N) is 2. The molecule has 190 valence electrons. The maximum Gasteiger partial charge on any atom is 0.259 e. The predicted octanol–water partition coefficient (Wildman–Crippen LogP) is 6.78. The molecule has 0 spiro atoms. The molecule has 3 rings (SSSR count). The molecule has 0 atom stereocenters. The second kappa shape index (κ2) is 12.2. The first-order chi connectivity index (χ1) is 17.2. The summed E-state index contributed by atoms with van der Waals surface area (Å²) in [5.74, 6) is 0.104. The van der Waals surface area contributed by atoms with Gasteiger partial charge in [0.05, 0.1) is 11.1 Å². The van der Waals surface area contributed by atoms with E-state index in [-0.39, 0.29) is 34.4 Å². The molecule has 0 heterocycles. The number of hydrogen-bond donors (Lipinski definition) is 4. The third kappa shape index (κ3) is 7.11. The number of phenolic OH excluding ortho intramolecular Hbond substituents is 2. The number of carbonyl (C=O) groups is 2.